The fourth-order valence-electron chi connectivity index (χ4n) is 2.03. The van der Waals surface area contributed by atoms with Gasteiger partial charge in [0.25, 0.3) is 0 Å². The summed E-state index contributed by atoms with van der Waals surface area (Å²) in [6.07, 6.45) is 0. The highest BCUT2D eigenvalue weighted by molar-refractivity contribution is 6.34. The number of rotatable bonds is 3. The van der Waals surface area contributed by atoms with Gasteiger partial charge in [-0.2, -0.15) is 0 Å². The number of hydrogen-bond donors (Lipinski definition) is 1. The van der Waals surface area contributed by atoms with E-state index in [1.165, 1.54) is 0 Å². The predicted octanol–water partition coefficient (Wildman–Crippen LogP) is 4.02. The lowest BCUT2D eigenvalue weighted by Gasteiger charge is -2.12. The summed E-state index contributed by atoms with van der Waals surface area (Å²) < 4.78 is 5.14. The lowest BCUT2D eigenvalue weighted by atomic mass is 9.96. The second-order valence-corrected chi connectivity index (χ2v) is 4.56. The maximum absolute atomic E-state index is 11.3. The Bertz CT molecular complexity index is 635. The third-order valence-electron chi connectivity index (χ3n) is 2.95. The van der Waals surface area contributed by atoms with E-state index in [0.717, 1.165) is 16.9 Å². The SMILES string of the molecule is COc1ccc(-c2cccc(Cl)c2C(=O)O)c(C)c1. The van der Waals surface area contributed by atoms with Crippen molar-refractivity contribution in [3.63, 3.8) is 0 Å². The van der Waals surface area contributed by atoms with Crippen LogP contribution in [0.3, 0.4) is 0 Å². The number of ether oxygens (including phenoxy) is 1. The molecule has 1 N–H and O–H groups in total. The second kappa shape index (κ2) is 5.33. The molecule has 0 bridgehead atoms. The van der Waals surface area contributed by atoms with Crippen molar-refractivity contribution in [2.24, 2.45) is 0 Å². The van der Waals surface area contributed by atoms with Crippen LogP contribution < -0.4 is 4.74 Å². The van der Waals surface area contributed by atoms with Crippen LogP contribution in [0, 0.1) is 6.92 Å². The smallest absolute Gasteiger partial charge is 0.337 e. The molecule has 4 heteroatoms. The van der Waals surface area contributed by atoms with E-state index in [4.69, 9.17) is 16.3 Å². The fourth-order valence-corrected chi connectivity index (χ4v) is 2.29. The molecule has 0 aromatic heterocycles. The lowest BCUT2D eigenvalue weighted by Crippen LogP contribution is -2.01. The summed E-state index contributed by atoms with van der Waals surface area (Å²) in [5.74, 6) is -0.295. The summed E-state index contributed by atoms with van der Waals surface area (Å²) in [6.45, 7) is 1.91. The molecule has 2 aromatic rings. The maximum atomic E-state index is 11.3. The van der Waals surface area contributed by atoms with Crippen molar-refractivity contribution < 1.29 is 14.6 Å². The minimum absolute atomic E-state index is 0.123. The molecule has 19 heavy (non-hydrogen) atoms. The molecule has 0 radical (unpaired) electrons. The Morgan fingerprint density at radius 2 is 1.95 bits per heavy atom. The highest BCUT2D eigenvalue weighted by atomic mass is 35.5. The zero-order valence-corrected chi connectivity index (χ0v) is 11.4. The largest absolute Gasteiger partial charge is 0.497 e. The number of carboxylic acids is 1. The topological polar surface area (TPSA) is 46.5 Å². The Morgan fingerprint density at radius 1 is 1.21 bits per heavy atom. The molecule has 0 spiro atoms. The molecule has 2 rings (SSSR count). The normalized spacial score (nSPS) is 10.3. The molecule has 0 saturated heterocycles. The van der Waals surface area contributed by atoms with Crippen LogP contribution in [-0.2, 0) is 0 Å². The van der Waals surface area contributed by atoms with Gasteiger partial charge < -0.3 is 9.84 Å². The van der Waals surface area contributed by atoms with Crippen LogP contribution >= 0.6 is 11.6 Å². The third kappa shape index (κ3) is 2.56. The molecule has 0 aliphatic rings. The van der Waals surface area contributed by atoms with Crippen molar-refractivity contribution in [2.75, 3.05) is 7.11 Å². The molecule has 3 nitrogen and oxygen atoms in total. The number of carbonyl (C=O) groups is 1. The van der Waals surface area contributed by atoms with Gasteiger partial charge in [0.15, 0.2) is 0 Å². The maximum Gasteiger partial charge on any atom is 0.337 e. The van der Waals surface area contributed by atoms with Crippen LogP contribution in [0.1, 0.15) is 15.9 Å². The predicted molar refractivity (Wildman–Crippen MR) is 75.1 cm³/mol. The zero-order chi connectivity index (χ0) is 14.0. The first-order chi connectivity index (χ1) is 9.04. The van der Waals surface area contributed by atoms with E-state index in [1.54, 1.807) is 31.4 Å². The van der Waals surface area contributed by atoms with Gasteiger partial charge in [-0.05, 0) is 41.8 Å². The molecule has 0 aliphatic heterocycles. The third-order valence-corrected chi connectivity index (χ3v) is 3.27. The molecule has 0 fully saturated rings. The molecule has 0 unspecified atom stereocenters. The Labute approximate surface area is 116 Å². The fraction of sp³-hybridized carbons (Fsp3) is 0.133. The quantitative estimate of drug-likeness (QED) is 0.921. The monoisotopic (exact) mass is 276 g/mol. The van der Waals surface area contributed by atoms with Crippen LogP contribution in [-0.4, -0.2) is 18.2 Å². The number of aromatic carboxylic acids is 1. The molecule has 0 heterocycles. The molecular formula is C15H13ClO3. The summed E-state index contributed by atoms with van der Waals surface area (Å²) >= 11 is 5.98. The zero-order valence-electron chi connectivity index (χ0n) is 10.6. The van der Waals surface area contributed by atoms with Gasteiger partial charge in [0.2, 0.25) is 0 Å². The Balaban J connectivity index is 2.65. The minimum atomic E-state index is -1.03. The molecule has 0 atom stereocenters. The molecular weight excluding hydrogens is 264 g/mol. The van der Waals surface area contributed by atoms with Crippen LogP contribution in [0.4, 0.5) is 0 Å². The van der Waals surface area contributed by atoms with E-state index in [1.807, 2.05) is 19.1 Å². The van der Waals surface area contributed by atoms with Gasteiger partial charge >= 0.3 is 5.97 Å². The average molecular weight is 277 g/mol. The number of carboxylic acid groups (broad SMARTS) is 1. The summed E-state index contributed by atoms with van der Waals surface area (Å²) in [6, 6.07) is 10.6. The molecule has 0 amide bonds. The summed E-state index contributed by atoms with van der Waals surface area (Å²) in [5, 5.41) is 9.53. The lowest BCUT2D eigenvalue weighted by molar-refractivity contribution is 0.0698. The highest BCUT2D eigenvalue weighted by Gasteiger charge is 2.16. The molecule has 98 valence electrons. The number of aryl methyl sites for hydroxylation is 1. The van der Waals surface area contributed by atoms with Crippen molar-refractivity contribution in [2.45, 2.75) is 6.92 Å². The van der Waals surface area contributed by atoms with Crippen molar-refractivity contribution in [3.05, 3.63) is 52.5 Å². The average Bonchev–Trinajstić information content (AvgIpc) is 2.37. The molecule has 2 aromatic carbocycles. The number of hydrogen-bond acceptors (Lipinski definition) is 2. The van der Waals surface area contributed by atoms with Crippen LogP contribution in [0.5, 0.6) is 5.75 Å². The van der Waals surface area contributed by atoms with Crippen LogP contribution in [0.25, 0.3) is 11.1 Å². The van der Waals surface area contributed by atoms with Crippen LogP contribution in [0.15, 0.2) is 36.4 Å². The van der Waals surface area contributed by atoms with Crippen LogP contribution in [0.2, 0.25) is 5.02 Å². The van der Waals surface area contributed by atoms with Crippen molar-refractivity contribution in [1.82, 2.24) is 0 Å². The molecule has 0 saturated carbocycles. The van der Waals surface area contributed by atoms with Gasteiger partial charge in [-0.15, -0.1) is 0 Å². The van der Waals surface area contributed by atoms with Gasteiger partial charge in [0, 0.05) is 0 Å². The highest BCUT2D eigenvalue weighted by Crippen LogP contribution is 2.32. The van der Waals surface area contributed by atoms with E-state index in [2.05, 4.69) is 0 Å². The Hall–Kier alpha value is -2.00. The van der Waals surface area contributed by atoms with Gasteiger partial charge in [0.05, 0.1) is 17.7 Å². The summed E-state index contributed by atoms with van der Waals surface area (Å²) in [4.78, 5) is 11.3. The van der Waals surface area contributed by atoms with E-state index in [9.17, 15) is 9.90 Å². The minimum Gasteiger partial charge on any atom is -0.497 e. The van der Waals surface area contributed by atoms with Crippen molar-refractivity contribution in [3.8, 4) is 16.9 Å². The first-order valence-corrected chi connectivity index (χ1v) is 6.09. The van der Waals surface area contributed by atoms with E-state index in [-0.39, 0.29) is 10.6 Å². The van der Waals surface area contributed by atoms with Gasteiger partial charge in [-0.3, -0.25) is 0 Å². The van der Waals surface area contributed by atoms with Gasteiger partial charge in [-0.1, -0.05) is 29.8 Å². The van der Waals surface area contributed by atoms with Crippen molar-refractivity contribution in [1.29, 1.82) is 0 Å². The Kier molecular flexibility index (Phi) is 3.76. The summed E-state index contributed by atoms with van der Waals surface area (Å²) in [7, 11) is 1.59. The van der Waals surface area contributed by atoms with Gasteiger partial charge in [0.1, 0.15) is 5.75 Å². The summed E-state index contributed by atoms with van der Waals surface area (Å²) in [5.41, 5.74) is 2.50. The molecule has 0 aliphatic carbocycles. The first kappa shape index (κ1) is 13.4. The van der Waals surface area contributed by atoms with Crippen molar-refractivity contribution >= 4 is 17.6 Å². The van der Waals surface area contributed by atoms with E-state index < -0.39 is 5.97 Å². The standard InChI is InChI=1S/C15H13ClO3/c1-9-8-10(19-2)6-7-11(9)12-4-3-5-13(16)14(12)15(17)18/h3-8H,1-2H3,(H,17,18). The number of methoxy groups -OCH3 is 1. The number of halogens is 1. The Morgan fingerprint density at radius 3 is 2.53 bits per heavy atom. The van der Waals surface area contributed by atoms with E-state index in [0.29, 0.717) is 5.56 Å². The number of benzene rings is 2. The van der Waals surface area contributed by atoms with E-state index >= 15 is 0 Å². The van der Waals surface area contributed by atoms with Gasteiger partial charge in [-0.25, -0.2) is 4.79 Å². The first-order valence-electron chi connectivity index (χ1n) is 5.71. The second-order valence-electron chi connectivity index (χ2n) is 4.15.